The molecule has 0 aromatic carbocycles. The molecular weight excluding hydrogens is 204 g/mol. The van der Waals surface area contributed by atoms with Crippen LogP contribution in [0.2, 0.25) is 0 Å². The van der Waals surface area contributed by atoms with Gasteiger partial charge in [0, 0.05) is 0 Å². The molecule has 15 heavy (non-hydrogen) atoms. The summed E-state index contributed by atoms with van der Waals surface area (Å²) in [6.45, 7) is 3.91. The molecule has 1 atom stereocenters. The highest BCUT2D eigenvalue weighted by Crippen LogP contribution is 2.09. The summed E-state index contributed by atoms with van der Waals surface area (Å²) in [7, 11) is 0. The minimum absolute atomic E-state index is 0.0374. The molecular formula is C9H14O6. The fourth-order valence-electron chi connectivity index (χ4n) is 0.724. The maximum absolute atomic E-state index is 11.1. The van der Waals surface area contributed by atoms with E-state index in [1.165, 1.54) is 0 Å². The van der Waals surface area contributed by atoms with Gasteiger partial charge in [0.25, 0.3) is 0 Å². The van der Waals surface area contributed by atoms with Gasteiger partial charge in [0.15, 0.2) is 6.29 Å². The van der Waals surface area contributed by atoms with Crippen molar-refractivity contribution >= 4 is 5.97 Å². The van der Waals surface area contributed by atoms with Crippen molar-refractivity contribution in [3.63, 3.8) is 0 Å². The third-order valence-electron chi connectivity index (χ3n) is 1.53. The minimum Gasteiger partial charge on any atom is -0.460 e. The Hall–Kier alpha value is -0.950. The molecule has 1 fully saturated rings. The Kier molecular flexibility index (Phi) is 5.27. The van der Waals surface area contributed by atoms with Crippen molar-refractivity contribution in [2.75, 3.05) is 33.2 Å². The van der Waals surface area contributed by atoms with E-state index in [4.69, 9.17) is 19.3 Å². The number of epoxide rings is 1. The maximum Gasteiger partial charge on any atom is 0.335 e. The van der Waals surface area contributed by atoms with Gasteiger partial charge in [-0.2, -0.15) is 0 Å². The average Bonchev–Trinajstić information content (AvgIpc) is 3.04. The lowest BCUT2D eigenvalue weighted by molar-refractivity contribution is -0.141. The molecule has 0 aliphatic carbocycles. The van der Waals surface area contributed by atoms with Gasteiger partial charge in [0.05, 0.1) is 18.8 Å². The zero-order valence-corrected chi connectivity index (χ0v) is 8.31. The summed E-state index contributed by atoms with van der Waals surface area (Å²) in [5.41, 5.74) is 0.184. The molecule has 6 heteroatoms. The smallest absolute Gasteiger partial charge is 0.335 e. The number of hydrogen-bond acceptors (Lipinski definition) is 6. The van der Waals surface area contributed by atoms with Crippen LogP contribution in [-0.2, 0) is 23.7 Å². The molecule has 1 aliphatic rings. The number of hydrogen-bond donors (Lipinski definition) is 1. The van der Waals surface area contributed by atoms with Crippen LogP contribution in [0.1, 0.15) is 0 Å². The van der Waals surface area contributed by atoms with Gasteiger partial charge in [-0.3, -0.25) is 0 Å². The van der Waals surface area contributed by atoms with Crippen LogP contribution in [0.5, 0.6) is 0 Å². The summed E-state index contributed by atoms with van der Waals surface area (Å²) < 4.78 is 19.4. The first kappa shape index (κ1) is 12.1. The molecule has 0 amide bonds. The Morgan fingerprint density at radius 1 is 1.60 bits per heavy atom. The van der Waals surface area contributed by atoms with Gasteiger partial charge in [-0.15, -0.1) is 0 Å². The van der Waals surface area contributed by atoms with Crippen molar-refractivity contribution in [3.05, 3.63) is 12.2 Å². The van der Waals surface area contributed by atoms with Gasteiger partial charge < -0.3 is 24.1 Å². The predicted molar refractivity (Wildman–Crippen MR) is 48.8 cm³/mol. The van der Waals surface area contributed by atoms with Gasteiger partial charge in [0.1, 0.15) is 20.0 Å². The van der Waals surface area contributed by atoms with Crippen molar-refractivity contribution in [1.29, 1.82) is 0 Å². The quantitative estimate of drug-likeness (QED) is 0.193. The van der Waals surface area contributed by atoms with Crippen molar-refractivity contribution in [3.8, 4) is 0 Å². The Morgan fingerprint density at radius 3 is 2.93 bits per heavy atom. The summed E-state index contributed by atoms with van der Waals surface area (Å²) in [4.78, 5) is 11.1. The lowest BCUT2D eigenvalue weighted by atomic mass is 10.3. The van der Waals surface area contributed by atoms with E-state index in [-0.39, 0.29) is 38.5 Å². The Bertz CT molecular complexity index is 223. The average molecular weight is 218 g/mol. The van der Waals surface area contributed by atoms with Crippen molar-refractivity contribution < 1.29 is 28.8 Å². The Labute approximate surface area is 87.4 Å². The number of carbonyl (C=O) groups is 1. The Morgan fingerprint density at radius 2 is 2.33 bits per heavy atom. The van der Waals surface area contributed by atoms with E-state index < -0.39 is 5.97 Å². The van der Waals surface area contributed by atoms with Crippen molar-refractivity contribution in [2.45, 2.75) is 6.29 Å². The highest BCUT2D eigenvalue weighted by molar-refractivity contribution is 5.87. The first-order valence-electron chi connectivity index (χ1n) is 4.50. The standard InChI is InChI=1S/C9H14O6/c1-7(9(11)13-3-2-10)4-12-6-15-8-5-14-8/h8,10H,1-6H2. The molecule has 1 unspecified atom stereocenters. The maximum atomic E-state index is 11.1. The monoisotopic (exact) mass is 218 g/mol. The summed E-state index contributed by atoms with van der Waals surface area (Å²) >= 11 is 0. The first-order valence-corrected chi connectivity index (χ1v) is 4.50. The normalized spacial score (nSPS) is 18.6. The number of rotatable bonds is 8. The summed E-state index contributed by atoms with van der Waals surface area (Å²) in [5.74, 6) is -0.577. The van der Waals surface area contributed by atoms with Crippen LogP contribution in [0.15, 0.2) is 12.2 Å². The second kappa shape index (κ2) is 6.52. The fraction of sp³-hybridized carbons (Fsp3) is 0.667. The molecule has 1 aliphatic heterocycles. The molecule has 1 heterocycles. The highest BCUT2D eigenvalue weighted by Gasteiger charge is 2.22. The molecule has 0 aromatic rings. The van der Waals surface area contributed by atoms with Crippen LogP contribution in [0, 0.1) is 0 Å². The minimum atomic E-state index is -0.577. The molecule has 1 saturated heterocycles. The van der Waals surface area contributed by atoms with Crippen molar-refractivity contribution in [2.24, 2.45) is 0 Å². The van der Waals surface area contributed by atoms with Gasteiger partial charge >= 0.3 is 5.97 Å². The van der Waals surface area contributed by atoms with E-state index in [2.05, 4.69) is 11.3 Å². The van der Waals surface area contributed by atoms with Crippen LogP contribution in [0.3, 0.4) is 0 Å². The molecule has 86 valence electrons. The number of aliphatic hydroxyl groups excluding tert-OH is 1. The lowest BCUT2D eigenvalue weighted by Crippen LogP contribution is -2.15. The van der Waals surface area contributed by atoms with Crippen molar-refractivity contribution in [1.82, 2.24) is 0 Å². The molecule has 1 rings (SSSR count). The van der Waals surface area contributed by atoms with Crippen LogP contribution < -0.4 is 0 Å². The van der Waals surface area contributed by atoms with Crippen LogP contribution >= 0.6 is 0 Å². The number of esters is 1. The lowest BCUT2D eigenvalue weighted by Gasteiger charge is -2.06. The molecule has 1 N–H and O–H groups in total. The predicted octanol–water partition coefficient (Wildman–Crippen LogP) is -0.575. The van der Waals surface area contributed by atoms with E-state index in [1.54, 1.807) is 0 Å². The molecule has 0 spiro atoms. The highest BCUT2D eigenvalue weighted by atomic mass is 16.8. The van der Waals surface area contributed by atoms with E-state index >= 15 is 0 Å². The summed E-state index contributed by atoms with van der Waals surface area (Å²) in [6.07, 6.45) is -0.167. The zero-order chi connectivity index (χ0) is 11.1. The number of carbonyl (C=O) groups excluding carboxylic acids is 1. The SMILES string of the molecule is C=C(COCOC1CO1)C(=O)OCCO. The fourth-order valence-corrected chi connectivity index (χ4v) is 0.724. The third-order valence-corrected chi connectivity index (χ3v) is 1.53. The second-order valence-electron chi connectivity index (χ2n) is 2.86. The second-order valence-corrected chi connectivity index (χ2v) is 2.86. The van der Waals surface area contributed by atoms with Gasteiger partial charge in [-0.1, -0.05) is 6.58 Å². The molecule has 0 bridgehead atoms. The van der Waals surface area contributed by atoms with Gasteiger partial charge in [-0.25, -0.2) is 4.79 Å². The van der Waals surface area contributed by atoms with E-state index in [0.29, 0.717) is 6.61 Å². The number of aliphatic hydroxyl groups is 1. The van der Waals surface area contributed by atoms with Crippen LogP contribution in [-0.4, -0.2) is 50.6 Å². The van der Waals surface area contributed by atoms with E-state index in [1.807, 2.05) is 0 Å². The van der Waals surface area contributed by atoms with E-state index in [9.17, 15) is 4.79 Å². The number of ether oxygens (including phenoxy) is 4. The molecule has 0 aromatic heterocycles. The van der Waals surface area contributed by atoms with Crippen LogP contribution in [0.4, 0.5) is 0 Å². The Balaban J connectivity index is 1.98. The largest absolute Gasteiger partial charge is 0.460 e. The van der Waals surface area contributed by atoms with Gasteiger partial charge in [-0.05, 0) is 0 Å². The zero-order valence-electron chi connectivity index (χ0n) is 8.31. The molecule has 6 nitrogen and oxygen atoms in total. The van der Waals surface area contributed by atoms with E-state index in [0.717, 1.165) is 0 Å². The topological polar surface area (TPSA) is 77.5 Å². The first-order chi connectivity index (χ1) is 7.24. The summed E-state index contributed by atoms with van der Waals surface area (Å²) in [5, 5.41) is 8.41. The third kappa shape index (κ3) is 5.48. The molecule has 0 saturated carbocycles. The van der Waals surface area contributed by atoms with Crippen LogP contribution in [0.25, 0.3) is 0 Å². The summed E-state index contributed by atoms with van der Waals surface area (Å²) in [6, 6.07) is 0. The van der Waals surface area contributed by atoms with Gasteiger partial charge in [0.2, 0.25) is 0 Å². The molecule has 0 radical (unpaired) electrons.